The first-order chi connectivity index (χ1) is 15.1. The molecular formula is C23H38N6O3. The minimum Gasteiger partial charge on any atom is -0.391 e. The monoisotopic (exact) mass is 446 g/mol. The van der Waals surface area contributed by atoms with Crippen LogP contribution in [0.3, 0.4) is 0 Å². The van der Waals surface area contributed by atoms with Crippen LogP contribution in [-0.4, -0.2) is 86.1 Å². The SMILES string of the molecule is CC1C(NC(=O)C2CC(O)CN2C(=O)[C@@H](n2cc(C3CC3)nn2)C(C)(C)C)CCCN1C. The lowest BCUT2D eigenvalue weighted by Crippen LogP contribution is -2.57. The number of nitrogens with zero attached hydrogens (tertiary/aromatic N) is 5. The molecule has 2 aliphatic heterocycles. The lowest BCUT2D eigenvalue weighted by Gasteiger charge is -2.39. The number of rotatable bonds is 5. The van der Waals surface area contributed by atoms with Crippen LogP contribution in [0, 0.1) is 5.41 Å². The minimum atomic E-state index is -0.709. The molecule has 2 saturated heterocycles. The van der Waals surface area contributed by atoms with Gasteiger partial charge in [0.25, 0.3) is 0 Å². The van der Waals surface area contributed by atoms with Gasteiger partial charge in [-0.2, -0.15) is 0 Å². The van der Waals surface area contributed by atoms with Gasteiger partial charge in [0, 0.05) is 37.2 Å². The molecule has 0 aromatic carbocycles. The Balaban J connectivity index is 1.53. The summed E-state index contributed by atoms with van der Waals surface area (Å²) in [5.74, 6) is 0.0875. The molecule has 178 valence electrons. The van der Waals surface area contributed by atoms with Crippen LogP contribution in [0.15, 0.2) is 6.20 Å². The van der Waals surface area contributed by atoms with Crippen molar-refractivity contribution < 1.29 is 14.7 Å². The molecule has 3 fully saturated rings. The Morgan fingerprint density at radius 2 is 1.97 bits per heavy atom. The van der Waals surface area contributed by atoms with E-state index in [1.807, 2.05) is 27.0 Å². The third kappa shape index (κ3) is 4.69. The molecule has 9 nitrogen and oxygen atoms in total. The summed E-state index contributed by atoms with van der Waals surface area (Å²) in [4.78, 5) is 30.9. The zero-order chi connectivity index (χ0) is 23.2. The number of carbonyl (C=O) groups is 2. The largest absolute Gasteiger partial charge is 0.391 e. The zero-order valence-electron chi connectivity index (χ0n) is 20.0. The summed E-state index contributed by atoms with van der Waals surface area (Å²) in [5.41, 5.74) is 0.499. The molecule has 3 aliphatic rings. The number of carbonyl (C=O) groups excluding carboxylic acids is 2. The number of amides is 2. The second kappa shape index (κ2) is 8.74. The van der Waals surface area contributed by atoms with Crippen molar-refractivity contribution in [1.82, 2.24) is 30.1 Å². The maximum atomic E-state index is 13.8. The van der Waals surface area contributed by atoms with E-state index in [0.717, 1.165) is 37.9 Å². The van der Waals surface area contributed by atoms with Gasteiger partial charge in [-0.3, -0.25) is 9.59 Å². The first kappa shape index (κ1) is 23.2. The van der Waals surface area contributed by atoms with E-state index in [2.05, 4.69) is 34.5 Å². The topological polar surface area (TPSA) is 104 Å². The molecule has 1 aromatic heterocycles. The molecular weight excluding hydrogens is 408 g/mol. The van der Waals surface area contributed by atoms with E-state index in [1.54, 1.807) is 9.58 Å². The minimum absolute atomic E-state index is 0.0470. The van der Waals surface area contributed by atoms with Gasteiger partial charge in [-0.1, -0.05) is 26.0 Å². The van der Waals surface area contributed by atoms with Gasteiger partial charge in [-0.15, -0.1) is 5.10 Å². The number of nitrogens with one attached hydrogen (secondary N) is 1. The van der Waals surface area contributed by atoms with Gasteiger partial charge in [0.05, 0.1) is 11.8 Å². The van der Waals surface area contributed by atoms with Crippen LogP contribution >= 0.6 is 0 Å². The summed E-state index contributed by atoms with van der Waals surface area (Å²) in [5, 5.41) is 22.1. The summed E-state index contributed by atoms with van der Waals surface area (Å²) in [6.07, 6.45) is 5.62. The Morgan fingerprint density at radius 3 is 2.62 bits per heavy atom. The van der Waals surface area contributed by atoms with Crippen molar-refractivity contribution in [3.8, 4) is 0 Å². The average molecular weight is 447 g/mol. The normalized spacial score (nSPS) is 30.4. The molecule has 3 heterocycles. The van der Waals surface area contributed by atoms with Crippen LogP contribution in [-0.2, 0) is 9.59 Å². The van der Waals surface area contributed by atoms with E-state index in [1.165, 1.54) is 0 Å². The van der Waals surface area contributed by atoms with E-state index >= 15 is 0 Å². The van der Waals surface area contributed by atoms with E-state index < -0.39 is 23.6 Å². The van der Waals surface area contributed by atoms with Crippen molar-refractivity contribution in [3.63, 3.8) is 0 Å². The fourth-order valence-electron chi connectivity index (χ4n) is 5.11. The lowest BCUT2D eigenvalue weighted by molar-refractivity contribution is -0.144. The smallest absolute Gasteiger partial charge is 0.248 e. The molecule has 2 N–H and O–H groups in total. The predicted octanol–water partition coefficient (Wildman–Crippen LogP) is 1.30. The Bertz CT molecular complexity index is 845. The summed E-state index contributed by atoms with van der Waals surface area (Å²) >= 11 is 0. The van der Waals surface area contributed by atoms with Crippen LogP contribution in [0.25, 0.3) is 0 Å². The second-order valence-corrected chi connectivity index (χ2v) is 11.0. The van der Waals surface area contributed by atoms with Crippen molar-refractivity contribution in [2.24, 2.45) is 5.41 Å². The van der Waals surface area contributed by atoms with Crippen molar-refractivity contribution in [3.05, 3.63) is 11.9 Å². The van der Waals surface area contributed by atoms with Crippen molar-refractivity contribution in [2.75, 3.05) is 20.1 Å². The highest BCUT2D eigenvalue weighted by Crippen LogP contribution is 2.40. The van der Waals surface area contributed by atoms with E-state index in [9.17, 15) is 14.7 Å². The number of hydrogen-bond donors (Lipinski definition) is 2. The molecule has 4 unspecified atom stereocenters. The molecule has 5 atom stereocenters. The number of aliphatic hydroxyl groups is 1. The number of hydrogen-bond acceptors (Lipinski definition) is 6. The number of β-amino-alcohol motifs (C(OH)–C–C–N with tert-alkyl or cyclic N) is 1. The first-order valence-corrected chi connectivity index (χ1v) is 12.0. The predicted molar refractivity (Wildman–Crippen MR) is 120 cm³/mol. The first-order valence-electron chi connectivity index (χ1n) is 12.0. The average Bonchev–Trinajstić information content (AvgIpc) is 3.32. The van der Waals surface area contributed by atoms with Crippen molar-refractivity contribution >= 4 is 11.8 Å². The van der Waals surface area contributed by atoms with Gasteiger partial charge < -0.3 is 20.2 Å². The molecule has 1 saturated carbocycles. The van der Waals surface area contributed by atoms with Gasteiger partial charge in [0.15, 0.2) is 0 Å². The second-order valence-electron chi connectivity index (χ2n) is 11.0. The Hall–Kier alpha value is -2.00. The van der Waals surface area contributed by atoms with Gasteiger partial charge >= 0.3 is 0 Å². The van der Waals surface area contributed by atoms with Gasteiger partial charge in [-0.25, -0.2) is 4.68 Å². The van der Waals surface area contributed by atoms with Crippen molar-refractivity contribution in [2.45, 2.75) is 96.0 Å². The highest BCUT2D eigenvalue weighted by Gasteiger charge is 2.46. The molecule has 0 spiro atoms. The number of likely N-dealkylation sites (N-methyl/N-ethyl adjacent to an activating group) is 1. The number of aromatic nitrogens is 3. The number of aliphatic hydroxyl groups excluding tert-OH is 1. The molecule has 2 amide bonds. The van der Waals surface area contributed by atoms with E-state index in [0.29, 0.717) is 5.92 Å². The molecule has 9 heteroatoms. The van der Waals surface area contributed by atoms with Crippen LogP contribution in [0.5, 0.6) is 0 Å². The maximum absolute atomic E-state index is 13.8. The van der Waals surface area contributed by atoms with Gasteiger partial charge in [-0.05, 0) is 51.6 Å². The third-order valence-corrected chi connectivity index (χ3v) is 7.34. The molecule has 0 bridgehead atoms. The van der Waals surface area contributed by atoms with Crippen LogP contribution in [0.2, 0.25) is 0 Å². The molecule has 32 heavy (non-hydrogen) atoms. The zero-order valence-corrected chi connectivity index (χ0v) is 20.0. The Labute approximate surface area is 190 Å². The number of piperidine rings is 1. The Morgan fingerprint density at radius 1 is 1.25 bits per heavy atom. The highest BCUT2D eigenvalue weighted by atomic mass is 16.3. The van der Waals surface area contributed by atoms with Gasteiger partial charge in [0.2, 0.25) is 11.8 Å². The van der Waals surface area contributed by atoms with Crippen LogP contribution < -0.4 is 5.32 Å². The van der Waals surface area contributed by atoms with Crippen LogP contribution in [0.1, 0.15) is 77.5 Å². The van der Waals surface area contributed by atoms with Crippen LogP contribution in [0.4, 0.5) is 0 Å². The van der Waals surface area contributed by atoms with E-state index in [4.69, 9.17) is 0 Å². The Kier molecular flexibility index (Phi) is 6.33. The standard InChI is InChI=1S/C23H38N6O3/c1-14-17(7-6-10-27(14)5)24-21(31)19-11-16(30)12-28(19)22(32)20(23(2,3)4)29-13-18(25-26-29)15-8-9-15/h13-17,19-20,30H,6-12H2,1-5H3,(H,24,31)/t14?,16?,17?,19?,20-/m1/s1. The third-order valence-electron chi connectivity index (χ3n) is 7.34. The quantitative estimate of drug-likeness (QED) is 0.707. The number of likely N-dealkylation sites (tertiary alicyclic amines) is 2. The fourth-order valence-corrected chi connectivity index (χ4v) is 5.11. The molecule has 0 radical (unpaired) electrons. The molecule has 1 aliphatic carbocycles. The maximum Gasteiger partial charge on any atom is 0.248 e. The van der Waals surface area contributed by atoms with E-state index in [-0.39, 0.29) is 36.9 Å². The van der Waals surface area contributed by atoms with Crippen molar-refractivity contribution in [1.29, 1.82) is 0 Å². The van der Waals surface area contributed by atoms with Gasteiger partial charge in [0.1, 0.15) is 12.1 Å². The summed E-state index contributed by atoms with van der Waals surface area (Å²) in [6.45, 7) is 9.29. The highest BCUT2D eigenvalue weighted by molar-refractivity contribution is 5.90. The fraction of sp³-hybridized carbons (Fsp3) is 0.826. The summed E-state index contributed by atoms with van der Waals surface area (Å²) in [6, 6.07) is -0.983. The molecule has 4 rings (SSSR count). The molecule has 1 aromatic rings. The summed E-state index contributed by atoms with van der Waals surface area (Å²) in [7, 11) is 2.07. The lowest BCUT2D eigenvalue weighted by atomic mass is 9.85. The summed E-state index contributed by atoms with van der Waals surface area (Å²) < 4.78 is 1.66.